The average molecular weight is 415 g/mol. The van der Waals surface area contributed by atoms with Crippen molar-refractivity contribution in [1.29, 1.82) is 0 Å². The molecule has 2 saturated heterocycles. The van der Waals surface area contributed by atoms with E-state index in [9.17, 15) is 9.59 Å². The zero-order chi connectivity index (χ0) is 20.9. The van der Waals surface area contributed by atoms with Crippen molar-refractivity contribution in [2.24, 2.45) is 0 Å². The van der Waals surface area contributed by atoms with Crippen molar-refractivity contribution in [1.82, 2.24) is 9.80 Å². The van der Waals surface area contributed by atoms with Gasteiger partial charge in [0.25, 0.3) is 5.91 Å². The van der Waals surface area contributed by atoms with E-state index in [1.807, 2.05) is 60.7 Å². The van der Waals surface area contributed by atoms with Crippen LogP contribution in [0.25, 0.3) is 10.8 Å². The molecule has 31 heavy (non-hydrogen) atoms. The van der Waals surface area contributed by atoms with Crippen molar-refractivity contribution < 1.29 is 19.1 Å². The molecule has 0 spiro atoms. The molecular weight excluding hydrogens is 394 g/mol. The average Bonchev–Trinajstić information content (AvgIpc) is 3.36. The van der Waals surface area contributed by atoms with Crippen LogP contribution >= 0.6 is 0 Å². The monoisotopic (exact) mass is 415 g/mol. The maximum atomic E-state index is 13.3. The van der Waals surface area contributed by atoms with Gasteiger partial charge in [-0.25, -0.2) is 9.69 Å². The van der Waals surface area contributed by atoms with Gasteiger partial charge in [-0.1, -0.05) is 42.5 Å². The highest BCUT2D eigenvalue weighted by atomic mass is 16.7. The van der Waals surface area contributed by atoms with E-state index >= 15 is 0 Å². The van der Waals surface area contributed by atoms with Crippen molar-refractivity contribution in [2.45, 2.75) is 12.6 Å². The summed E-state index contributed by atoms with van der Waals surface area (Å²) >= 11 is 0. The molecule has 3 aromatic rings. The molecule has 1 unspecified atom stereocenters. The standard InChI is InChI=1S/C24H21N3O4/c28-23-20-14-25(13-16-8-9-21-22(12-16)31-15-30-21)10-11-26(20)24(29)27(23)19-7-3-5-17-4-1-2-6-18(17)19/h1-9,12,20H,10-11,13-15H2. The van der Waals surface area contributed by atoms with E-state index in [0.29, 0.717) is 31.9 Å². The number of carbonyl (C=O) groups excluding carboxylic acids is 2. The maximum absolute atomic E-state index is 13.3. The van der Waals surface area contributed by atoms with E-state index in [2.05, 4.69) is 4.90 Å². The molecule has 1 atom stereocenters. The Kier molecular flexibility index (Phi) is 4.11. The fourth-order valence-corrected chi connectivity index (χ4v) is 4.72. The second-order valence-corrected chi connectivity index (χ2v) is 8.09. The summed E-state index contributed by atoms with van der Waals surface area (Å²) in [5.74, 6) is 1.36. The molecule has 3 aliphatic rings. The molecule has 0 saturated carbocycles. The summed E-state index contributed by atoms with van der Waals surface area (Å²) in [5.41, 5.74) is 1.75. The first-order valence-corrected chi connectivity index (χ1v) is 10.4. The molecule has 3 amide bonds. The van der Waals surface area contributed by atoms with Gasteiger partial charge in [0.05, 0.1) is 5.69 Å². The Bertz CT molecular complexity index is 1210. The number of nitrogens with zero attached hydrogens (tertiary/aromatic N) is 3. The van der Waals surface area contributed by atoms with Crippen molar-refractivity contribution in [3.05, 3.63) is 66.2 Å². The summed E-state index contributed by atoms with van der Waals surface area (Å²) < 4.78 is 10.9. The Morgan fingerprint density at radius 3 is 2.68 bits per heavy atom. The largest absolute Gasteiger partial charge is 0.454 e. The maximum Gasteiger partial charge on any atom is 0.332 e. The molecule has 2 fully saturated rings. The quantitative estimate of drug-likeness (QED) is 0.615. The Morgan fingerprint density at radius 2 is 1.74 bits per heavy atom. The van der Waals surface area contributed by atoms with Gasteiger partial charge in [0.2, 0.25) is 6.79 Å². The number of amides is 3. The fourth-order valence-electron chi connectivity index (χ4n) is 4.72. The van der Waals surface area contributed by atoms with Gasteiger partial charge in [-0.2, -0.15) is 0 Å². The number of hydrogen-bond donors (Lipinski definition) is 0. The number of ether oxygens (including phenoxy) is 2. The summed E-state index contributed by atoms with van der Waals surface area (Å²) in [6.07, 6.45) is 0. The van der Waals surface area contributed by atoms with Crippen LogP contribution in [0.15, 0.2) is 60.7 Å². The van der Waals surface area contributed by atoms with Gasteiger partial charge < -0.3 is 14.4 Å². The van der Waals surface area contributed by atoms with Crippen molar-refractivity contribution in [2.75, 3.05) is 31.3 Å². The van der Waals surface area contributed by atoms with E-state index in [-0.39, 0.29) is 18.7 Å². The van der Waals surface area contributed by atoms with Crippen LogP contribution in [-0.4, -0.2) is 54.2 Å². The highest BCUT2D eigenvalue weighted by Gasteiger charge is 2.48. The predicted molar refractivity (Wildman–Crippen MR) is 115 cm³/mol. The third kappa shape index (κ3) is 2.92. The van der Waals surface area contributed by atoms with Crippen LogP contribution in [-0.2, 0) is 11.3 Å². The van der Waals surface area contributed by atoms with Crippen LogP contribution < -0.4 is 14.4 Å². The van der Waals surface area contributed by atoms with Crippen LogP contribution in [0.3, 0.4) is 0 Å². The molecule has 3 heterocycles. The van der Waals surface area contributed by atoms with Gasteiger partial charge in [0, 0.05) is 31.6 Å². The number of benzene rings is 3. The summed E-state index contributed by atoms with van der Waals surface area (Å²) in [6, 6.07) is 18.8. The number of urea groups is 1. The third-order valence-electron chi connectivity index (χ3n) is 6.26. The third-order valence-corrected chi connectivity index (χ3v) is 6.26. The van der Waals surface area contributed by atoms with Crippen LogP contribution in [0.2, 0.25) is 0 Å². The number of imide groups is 1. The topological polar surface area (TPSA) is 62.3 Å². The highest BCUT2D eigenvalue weighted by Crippen LogP contribution is 2.35. The predicted octanol–water partition coefficient (Wildman–Crippen LogP) is 3.22. The number of carbonyl (C=O) groups is 2. The van der Waals surface area contributed by atoms with E-state index in [0.717, 1.165) is 27.8 Å². The molecule has 0 N–H and O–H groups in total. The van der Waals surface area contributed by atoms with E-state index < -0.39 is 6.04 Å². The van der Waals surface area contributed by atoms with Gasteiger partial charge in [-0.05, 0) is 29.1 Å². The van der Waals surface area contributed by atoms with Crippen molar-refractivity contribution >= 4 is 28.4 Å². The lowest BCUT2D eigenvalue weighted by Crippen LogP contribution is -2.52. The molecular formula is C24H21N3O4. The first-order chi connectivity index (χ1) is 15.2. The van der Waals surface area contributed by atoms with Crippen LogP contribution in [0.1, 0.15) is 5.56 Å². The van der Waals surface area contributed by atoms with E-state index in [1.54, 1.807) is 4.90 Å². The van der Waals surface area contributed by atoms with Gasteiger partial charge in [0.15, 0.2) is 11.5 Å². The van der Waals surface area contributed by atoms with Gasteiger partial charge in [-0.15, -0.1) is 0 Å². The molecule has 3 aromatic carbocycles. The lowest BCUT2D eigenvalue weighted by molar-refractivity contribution is -0.121. The summed E-state index contributed by atoms with van der Waals surface area (Å²) in [7, 11) is 0. The minimum Gasteiger partial charge on any atom is -0.454 e. The SMILES string of the molecule is O=C1C2CN(Cc3ccc4c(c3)OCO4)CCN2C(=O)N1c1cccc2ccccc12. The molecule has 7 nitrogen and oxygen atoms in total. The van der Waals surface area contributed by atoms with E-state index in [1.165, 1.54) is 4.90 Å². The second kappa shape index (κ2) is 6.99. The smallest absolute Gasteiger partial charge is 0.332 e. The van der Waals surface area contributed by atoms with Crippen LogP contribution in [0, 0.1) is 0 Å². The molecule has 156 valence electrons. The fraction of sp³-hybridized carbons (Fsp3) is 0.250. The first-order valence-electron chi connectivity index (χ1n) is 10.4. The minimum absolute atomic E-state index is 0.156. The van der Waals surface area contributed by atoms with Crippen molar-refractivity contribution in [3.63, 3.8) is 0 Å². The number of anilines is 1. The molecule has 6 rings (SSSR count). The molecule has 0 aliphatic carbocycles. The molecule has 0 aromatic heterocycles. The Morgan fingerprint density at radius 1 is 0.903 bits per heavy atom. The van der Waals surface area contributed by atoms with E-state index in [4.69, 9.17) is 9.47 Å². The second-order valence-electron chi connectivity index (χ2n) is 8.09. The summed E-state index contributed by atoms with van der Waals surface area (Å²) in [6.45, 7) is 2.70. The zero-order valence-electron chi connectivity index (χ0n) is 16.9. The van der Waals surface area contributed by atoms with Crippen LogP contribution in [0.4, 0.5) is 10.5 Å². The van der Waals surface area contributed by atoms with Crippen molar-refractivity contribution in [3.8, 4) is 11.5 Å². The van der Waals surface area contributed by atoms with Gasteiger partial charge in [-0.3, -0.25) is 9.69 Å². The minimum atomic E-state index is -0.464. The lowest BCUT2D eigenvalue weighted by atomic mass is 10.1. The van der Waals surface area contributed by atoms with Gasteiger partial charge in [0.1, 0.15) is 6.04 Å². The van der Waals surface area contributed by atoms with Gasteiger partial charge >= 0.3 is 6.03 Å². The number of fused-ring (bicyclic) bond motifs is 3. The summed E-state index contributed by atoms with van der Waals surface area (Å²) in [5, 5.41) is 1.92. The number of piperazine rings is 1. The first kappa shape index (κ1) is 18.2. The molecule has 7 heteroatoms. The summed E-state index contributed by atoms with van der Waals surface area (Å²) in [4.78, 5) is 31.8. The Hall–Kier alpha value is -3.58. The Balaban J connectivity index is 1.25. The molecule has 0 bridgehead atoms. The highest BCUT2D eigenvalue weighted by molar-refractivity contribution is 6.24. The number of hydrogen-bond acceptors (Lipinski definition) is 5. The Labute approximate surface area is 179 Å². The number of rotatable bonds is 3. The molecule has 0 radical (unpaired) electrons. The molecule has 3 aliphatic heterocycles. The van der Waals surface area contributed by atoms with Crippen LogP contribution in [0.5, 0.6) is 11.5 Å². The zero-order valence-corrected chi connectivity index (χ0v) is 16.9. The lowest BCUT2D eigenvalue weighted by Gasteiger charge is -2.35. The normalized spacial score (nSPS) is 20.6.